The highest BCUT2D eigenvalue weighted by Crippen LogP contribution is 2.21. The van der Waals surface area contributed by atoms with Crippen LogP contribution in [0, 0.1) is 0 Å². The Morgan fingerprint density at radius 3 is 2.83 bits per heavy atom. The van der Waals surface area contributed by atoms with Gasteiger partial charge in [0.05, 0.1) is 12.8 Å². The summed E-state index contributed by atoms with van der Waals surface area (Å²) in [6, 6.07) is 5.35. The van der Waals surface area contributed by atoms with Gasteiger partial charge < -0.3 is 15.7 Å². The summed E-state index contributed by atoms with van der Waals surface area (Å²) in [5, 5.41) is 8.42. The monoisotopic (exact) mass is 168 g/mol. The average molecular weight is 168 g/mol. The van der Waals surface area contributed by atoms with Crippen LogP contribution in [0.1, 0.15) is 5.56 Å². The molecule has 0 bridgehead atoms. The molecule has 0 amide bonds. The van der Waals surface area contributed by atoms with Crippen molar-refractivity contribution >= 4 is 5.69 Å². The number of methoxy groups -OCH3 is 1. The van der Waals surface area contributed by atoms with Gasteiger partial charge >= 0.3 is 0 Å². The van der Waals surface area contributed by atoms with Crippen molar-refractivity contribution in [1.82, 2.24) is 5.48 Å². The molecule has 4 heteroatoms. The van der Waals surface area contributed by atoms with Gasteiger partial charge in [-0.3, -0.25) is 0 Å². The van der Waals surface area contributed by atoms with E-state index in [1.54, 1.807) is 19.2 Å². The van der Waals surface area contributed by atoms with E-state index >= 15 is 0 Å². The molecule has 0 unspecified atom stereocenters. The third-order valence-electron chi connectivity index (χ3n) is 1.58. The molecule has 0 aromatic heterocycles. The number of hydrogen-bond acceptors (Lipinski definition) is 4. The second-order valence-corrected chi connectivity index (χ2v) is 2.41. The number of rotatable bonds is 3. The fourth-order valence-corrected chi connectivity index (χ4v) is 0.985. The smallest absolute Gasteiger partial charge is 0.141 e. The summed E-state index contributed by atoms with van der Waals surface area (Å²) in [7, 11) is 1.57. The van der Waals surface area contributed by atoms with E-state index < -0.39 is 0 Å². The first-order chi connectivity index (χ1) is 5.77. The predicted octanol–water partition coefficient (Wildman–Crippen LogP) is 0.756. The molecule has 1 rings (SSSR count). The van der Waals surface area contributed by atoms with Crippen molar-refractivity contribution in [2.45, 2.75) is 6.54 Å². The molecule has 0 fully saturated rings. The Morgan fingerprint density at radius 1 is 1.58 bits per heavy atom. The molecule has 0 aliphatic heterocycles. The lowest BCUT2D eigenvalue weighted by molar-refractivity contribution is 0.161. The SMILES string of the molecule is COc1ccc(CNO)cc1N. The van der Waals surface area contributed by atoms with Crippen molar-refractivity contribution in [1.29, 1.82) is 0 Å². The largest absolute Gasteiger partial charge is 0.495 e. The number of benzene rings is 1. The van der Waals surface area contributed by atoms with Gasteiger partial charge in [-0.15, -0.1) is 0 Å². The Labute approximate surface area is 70.9 Å². The van der Waals surface area contributed by atoms with Gasteiger partial charge in [-0.25, -0.2) is 5.48 Å². The number of hydrogen-bond donors (Lipinski definition) is 3. The second kappa shape index (κ2) is 3.94. The number of ether oxygens (including phenoxy) is 1. The highest BCUT2D eigenvalue weighted by atomic mass is 16.5. The molecule has 0 saturated heterocycles. The minimum Gasteiger partial charge on any atom is -0.495 e. The number of nitrogens with one attached hydrogen (secondary N) is 1. The number of nitrogens with two attached hydrogens (primary N) is 1. The van der Waals surface area contributed by atoms with E-state index in [-0.39, 0.29) is 0 Å². The number of hydroxylamine groups is 1. The molecule has 0 spiro atoms. The van der Waals surface area contributed by atoms with E-state index in [2.05, 4.69) is 5.48 Å². The highest BCUT2D eigenvalue weighted by Gasteiger charge is 1.99. The van der Waals surface area contributed by atoms with Gasteiger partial charge in [0, 0.05) is 6.54 Å². The van der Waals surface area contributed by atoms with Crippen LogP contribution in [-0.2, 0) is 6.54 Å². The zero-order chi connectivity index (χ0) is 8.97. The molecule has 4 N–H and O–H groups in total. The third-order valence-corrected chi connectivity index (χ3v) is 1.58. The summed E-state index contributed by atoms with van der Waals surface area (Å²) in [5.41, 5.74) is 9.17. The van der Waals surface area contributed by atoms with Gasteiger partial charge in [-0.05, 0) is 17.7 Å². The molecule has 1 aromatic carbocycles. The lowest BCUT2D eigenvalue weighted by atomic mass is 10.2. The fourth-order valence-electron chi connectivity index (χ4n) is 0.985. The maximum Gasteiger partial charge on any atom is 0.141 e. The first kappa shape index (κ1) is 8.83. The van der Waals surface area contributed by atoms with Gasteiger partial charge in [0.15, 0.2) is 0 Å². The molecular formula is C8H12N2O2. The summed E-state index contributed by atoms with van der Waals surface area (Å²) in [4.78, 5) is 0. The van der Waals surface area contributed by atoms with Crippen molar-refractivity contribution in [3.8, 4) is 5.75 Å². The third kappa shape index (κ3) is 1.87. The summed E-state index contributed by atoms with van der Waals surface area (Å²) >= 11 is 0. The normalized spacial score (nSPS) is 9.83. The van der Waals surface area contributed by atoms with Crippen LogP contribution in [-0.4, -0.2) is 12.3 Å². The zero-order valence-corrected chi connectivity index (χ0v) is 6.87. The molecular weight excluding hydrogens is 156 g/mol. The van der Waals surface area contributed by atoms with Crippen LogP contribution < -0.4 is 16.0 Å². The molecule has 0 aliphatic rings. The summed E-state index contributed by atoms with van der Waals surface area (Å²) in [6.45, 7) is 0.383. The minimum atomic E-state index is 0.383. The highest BCUT2D eigenvalue weighted by molar-refractivity contribution is 5.54. The van der Waals surface area contributed by atoms with E-state index in [1.807, 2.05) is 6.07 Å². The molecule has 4 nitrogen and oxygen atoms in total. The first-order valence-corrected chi connectivity index (χ1v) is 3.57. The van der Waals surface area contributed by atoms with Crippen molar-refractivity contribution < 1.29 is 9.94 Å². The maximum atomic E-state index is 8.42. The molecule has 0 atom stereocenters. The summed E-state index contributed by atoms with van der Waals surface area (Å²) < 4.78 is 4.97. The molecule has 1 aromatic rings. The lowest BCUT2D eigenvalue weighted by Crippen LogP contribution is -2.06. The van der Waals surface area contributed by atoms with E-state index in [1.165, 1.54) is 0 Å². The van der Waals surface area contributed by atoms with Crippen molar-refractivity contribution in [3.63, 3.8) is 0 Å². The van der Waals surface area contributed by atoms with Crippen LogP contribution in [0.2, 0.25) is 0 Å². The number of anilines is 1. The quantitative estimate of drug-likeness (QED) is 0.460. The van der Waals surface area contributed by atoms with Crippen LogP contribution in [0.15, 0.2) is 18.2 Å². The van der Waals surface area contributed by atoms with Gasteiger partial charge in [0.1, 0.15) is 5.75 Å². The Balaban J connectivity index is 2.86. The first-order valence-electron chi connectivity index (χ1n) is 3.57. The van der Waals surface area contributed by atoms with E-state index in [0.29, 0.717) is 18.0 Å². The molecule has 0 radical (unpaired) electrons. The Kier molecular flexibility index (Phi) is 2.90. The zero-order valence-electron chi connectivity index (χ0n) is 6.87. The van der Waals surface area contributed by atoms with Crippen molar-refractivity contribution in [2.24, 2.45) is 0 Å². The molecule has 0 saturated carbocycles. The van der Waals surface area contributed by atoms with Gasteiger partial charge in [0.2, 0.25) is 0 Å². The van der Waals surface area contributed by atoms with Crippen LogP contribution in [0.3, 0.4) is 0 Å². The van der Waals surface area contributed by atoms with Crippen molar-refractivity contribution in [3.05, 3.63) is 23.8 Å². The lowest BCUT2D eigenvalue weighted by Gasteiger charge is -2.05. The number of nitrogen functional groups attached to an aromatic ring is 1. The van der Waals surface area contributed by atoms with Gasteiger partial charge in [0.25, 0.3) is 0 Å². The van der Waals surface area contributed by atoms with E-state index in [0.717, 1.165) is 5.56 Å². The molecule has 66 valence electrons. The van der Waals surface area contributed by atoms with Crippen LogP contribution >= 0.6 is 0 Å². The van der Waals surface area contributed by atoms with E-state index in [4.69, 9.17) is 15.7 Å². The van der Waals surface area contributed by atoms with Gasteiger partial charge in [-0.1, -0.05) is 6.07 Å². The Hall–Kier alpha value is -1.26. The standard InChI is InChI=1S/C8H12N2O2/c1-12-8-3-2-6(5-10-11)4-7(8)9/h2-4,10-11H,5,9H2,1H3. The Bertz CT molecular complexity index is 263. The van der Waals surface area contributed by atoms with Crippen LogP contribution in [0.5, 0.6) is 5.75 Å². The second-order valence-electron chi connectivity index (χ2n) is 2.41. The van der Waals surface area contributed by atoms with Crippen LogP contribution in [0.25, 0.3) is 0 Å². The topological polar surface area (TPSA) is 67.5 Å². The molecule has 0 heterocycles. The van der Waals surface area contributed by atoms with Gasteiger partial charge in [-0.2, -0.15) is 0 Å². The fraction of sp³-hybridized carbons (Fsp3) is 0.250. The summed E-state index contributed by atoms with van der Waals surface area (Å²) in [6.07, 6.45) is 0. The summed E-state index contributed by atoms with van der Waals surface area (Å²) in [5.74, 6) is 0.650. The van der Waals surface area contributed by atoms with Crippen molar-refractivity contribution in [2.75, 3.05) is 12.8 Å². The molecule has 0 aliphatic carbocycles. The Morgan fingerprint density at radius 2 is 2.33 bits per heavy atom. The average Bonchev–Trinajstić information content (AvgIpc) is 2.05. The molecule has 12 heavy (non-hydrogen) atoms. The maximum absolute atomic E-state index is 8.42. The van der Waals surface area contributed by atoms with E-state index in [9.17, 15) is 0 Å². The predicted molar refractivity (Wildman–Crippen MR) is 46.0 cm³/mol. The van der Waals surface area contributed by atoms with Crippen LogP contribution in [0.4, 0.5) is 5.69 Å². The minimum absolute atomic E-state index is 0.383.